The second kappa shape index (κ2) is 14.6. The van der Waals surface area contributed by atoms with E-state index in [4.69, 9.17) is 43.4 Å². The Morgan fingerprint density at radius 3 is 2.14 bits per heavy atom. The van der Waals surface area contributed by atoms with Crippen LogP contribution in [0.25, 0.3) is 10.8 Å². The molecular weight excluding hydrogens is 446 g/mol. The number of hydrogen-bond acceptors (Lipinski definition) is 3. The number of carbonyl (C=O) groups is 1. The van der Waals surface area contributed by atoms with Crippen LogP contribution in [-0.4, -0.2) is 107 Å². The Kier molecular flexibility index (Phi) is 11.6. The molecule has 1 aliphatic rings. The molecule has 4 rings (SSSR count). The molecule has 1 saturated heterocycles. The molecule has 0 aliphatic carbocycles. The summed E-state index contributed by atoms with van der Waals surface area (Å²) >= 11 is 0. The van der Waals surface area contributed by atoms with Crippen LogP contribution in [0.3, 0.4) is 0 Å². The van der Waals surface area contributed by atoms with Gasteiger partial charge in [0, 0.05) is 105 Å². The summed E-state index contributed by atoms with van der Waals surface area (Å²) < 4.78 is 5.62. The molecule has 13 heteroatoms. The molecule has 171 valence electrons. The number of cyclic esters (lactones) is 1. The number of rotatable bonds is 9. The van der Waals surface area contributed by atoms with Crippen LogP contribution in [-0.2, 0) is 17.8 Å². The van der Waals surface area contributed by atoms with Gasteiger partial charge in [-0.3, -0.25) is 4.90 Å². The first-order chi connectivity index (χ1) is 17.8. The van der Waals surface area contributed by atoms with Crippen LogP contribution in [0.4, 0.5) is 4.79 Å². The van der Waals surface area contributed by atoms with Gasteiger partial charge in [-0.15, -0.1) is 0 Å². The molecule has 1 atom stereocenters. The summed E-state index contributed by atoms with van der Waals surface area (Å²) in [7, 11) is 29.3. The fraction of sp³-hybridized carbons (Fsp3) is 0.292. The van der Waals surface area contributed by atoms with Crippen molar-refractivity contribution < 1.29 is 9.53 Å². The molecule has 3 aromatic rings. The fourth-order valence-electron chi connectivity index (χ4n) is 4.27. The zero-order valence-electron chi connectivity index (χ0n) is 21.4. The molecule has 37 heavy (non-hydrogen) atoms. The maximum atomic E-state index is 11.9. The average molecular weight is 472 g/mol. The van der Waals surface area contributed by atoms with Crippen molar-refractivity contribution in [3.05, 3.63) is 83.9 Å². The molecule has 0 aromatic heterocycles. The highest BCUT2D eigenvalue weighted by Crippen LogP contribution is 2.20. The fourth-order valence-corrected chi connectivity index (χ4v) is 4.27. The highest BCUT2D eigenvalue weighted by molar-refractivity contribution is 7.93. The van der Waals surface area contributed by atoms with Gasteiger partial charge >= 0.3 is 6.09 Å². The van der Waals surface area contributed by atoms with E-state index >= 15 is 0 Å². The van der Waals surface area contributed by atoms with Crippen LogP contribution < -0.4 is 0 Å². The van der Waals surface area contributed by atoms with E-state index in [1.165, 1.54) is 29.0 Å². The molecule has 0 unspecified atom stereocenters. The SMILES string of the molecule is CN1CC[C@@H](CN(Cc2ccccc2)Cc2ccc3ccccc3c2)OC1=O.[B][B]B(B([B])[B])B([B])[B]. The molecule has 0 saturated carbocycles. The minimum absolute atomic E-state index is 0.0622. The molecule has 1 aliphatic heterocycles. The van der Waals surface area contributed by atoms with Gasteiger partial charge in [-0.1, -0.05) is 66.7 Å². The second-order valence-electron chi connectivity index (χ2n) is 9.48. The number of fused-ring (bicyclic) bond motifs is 1. The van der Waals surface area contributed by atoms with Gasteiger partial charge < -0.3 is 9.64 Å². The first kappa shape index (κ1) is 29.3. The third-order valence-corrected chi connectivity index (χ3v) is 6.41. The summed E-state index contributed by atoms with van der Waals surface area (Å²) in [5.41, 5.74) is 2.54. The molecule has 0 spiro atoms. The predicted molar refractivity (Wildman–Crippen MR) is 164 cm³/mol. The van der Waals surface area contributed by atoms with E-state index in [1.807, 2.05) is 6.07 Å². The Balaban J connectivity index is 0.000000364. The van der Waals surface area contributed by atoms with E-state index in [-0.39, 0.29) is 18.6 Å². The Morgan fingerprint density at radius 1 is 0.919 bits per heavy atom. The first-order valence-electron chi connectivity index (χ1n) is 12.5. The normalized spacial score (nSPS) is 14.9. The molecule has 0 bridgehead atoms. The molecular formula is C24H26B9N2O2. The second-order valence-corrected chi connectivity index (χ2v) is 9.48. The van der Waals surface area contributed by atoms with Crippen molar-refractivity contribution in [1.82, 2.24) is 9.80 Å². The van der Waals surface area contributed by atoms with Crippen molar-refractivity contribution in [1.29, 1.82) is 0 Å². The molecule has 4 nitrogen and oxygen atoms in total. The lowest BCUT2D eigenvalue weighted by molar-refractivity contribution is 0.0124. The average Bonchev–Trinajstić information content (AvgIpc) is 2.87. The molecule has 3 aromatic carbocycles. The Labute approximate surface area is 230 Å². The summed E-state index contributed by atoms with van der Waals surface area (Å²) in [5.74, 6) is 0. The zero-order valence-corrected chi connectivity index (χ0v) is 21.4. The van der Waals surface area contributed by atoms with Gasteiger partial charge in [0.05, 0.1) is 0 Å². The molecule has 0 N–H and O–H groups in total. The molecule has 1 amide bonds. The van der Waals surface area contributed by atoms with E-state index < -0.39 is 12.8 Å². The van der Waals surface area contributed by atoms with Crippen LogP contribution in [0, 0.1) is 0 Å². The van der Waals surface area contributed by atoms with Crippen molar-refractivity contribution in [3.8, 4) is 0 Å². The summed E-state index contributed by atoms with van der Waals surface area (Å²) in [6.07, 6.45) is -0.880. The first-order valence-corrected chi connectivity index (χ1v) is 12.5. The number of benzene rings is 3. The van der Waals surface area contributed by atoms with Crippen molar-refractivity contribution in [3.63, 3.8) is 0 Å². The van der Waals surface area contributed by atoms with Crippen molar-refractivity contribution in [2.24, 2.45) is 0 Å². The van der Waals surface area contributed by atoms with Gasteiger partial charge in [0.25, 0.3) is 0 Å². The Morgan fingerprint density at radius 2 is 1.54 bits per heavy atom. The highest BCUT2D eigenvalue weighted by atomic mass is 16.6. The van der Waals surface area contributed by atoms with E-state index in [0.717, 1.165) is 32.6 Å². The van der Waals surface area contributed by atoms with Gasteiger partial charge in [-0.25, -0.2) is 4.79 Å². The number of ether oxygens (including phenoxy) is 1. The van der Waals surface area contributed by atoms with E-state index in [1.54, 1.807) is 11.9 Å². The minimum Gasteiger partial charge on any atom is -0.445 e. The maximum Gasteiger partial charge on any atom is 0.409 e. The van der Waals surface area contributed by atoms with Gasteiger partial charge in [0.1, 0.15) is 6.10 Å². The summed E-state index contributed by atoms with van der Waals surface area (Å²) in [5, 5.41) is 2.51. The number of carbonyl (C=O) groups excluding carboxylic acids is 1. The summed E-state index contributed by atoms with van der Waals surface area (Å²) in [6, 6.07) is 25.5. The lowest BCUT2D eigenvalue weighted by atomic mass is 8.64. The molecule has 1 fully saturated rings. The van der Waals surface area contributed by atoms with Gasteiger partial charge in [-0.05, 0) is 28.0 Å². The largest absolute Gasteiger partial charge is 0.445 e. The summed E-state index contributed by atoms with van der Waals surface area (Å²) in [4.78, 5) is 16.0. The number of hydrogen-bond donors (Lipinski definition) is 0. The van der Waals surface area contributed by atoms with E-state index in [9.17, 15) is 4.79 Å². The number of nitrogens with zero attached hydrogens (tertiary/aromatic N) is 2. The predicted octanol–water partition coefficient (Wildman–Crippen LogP) is 1.26. The standard InChI is InChI=1S/C24H26N2O2.B9/c1-25-14-13-23(28-24(25)27)18-26(16-19-7-3-2-4-8-19)17-20-11-12-21-9-5-6-10-22(21)15-20;1-6-9(7(2)3)8(4)5/h2-12,15,23H,13-14,16-18H2,1H3;/t23-;/m0./s1. The Bertz CT molecular complexity index is 1120. The smallest absolute Gasteiger partial charge is 0.409 e. The third-order valence-electron chi connectivity index (χ3n) is 6.41. The van der Waals surface area contributed by atoms with Gasteiger partial charge in [0.2, 0.25) is 0 Å². The van der Waals surface area contributed by atoms with Crippen molar-refractivity contribution in [2.75, 3.05) is 20.1 Å². The van der Waals surface area contributed by atoms with Gasteiger partial charge in [-0.2, -0.15) is 0 Å². The van der Waals surface area contributed by atoms with E-state index in [0.29, 0.717) is 0 Å². The third kappa shape index (κ3) is 9.21. The topological polar surface area (TPSA) is 32.8 Å². The summed E-state index contributed by atoms with van der Waals surface area (Å²) in [6.45, 7) is 3.14. The van der Waals surface area contributed by atoms with Crippen molar-refractivity contribution >= 4 is 81.8 Å². The van der Waals surface area contributed by atoms with E-state index in [2.05, 4.69) is 71.6 Å². The monoisotopic (exact) mass is 473 g/mol. The van der Waals surface area contributed by atoms with Crippen LogP contribution in [0.1, 0.15) is 17.5 Å². The quantitative estimate of drug-likeness (QED) is 0.441. The van der Waals surface area contributed by atoms with Crippen LogP contribution >= 0.6 is 0 Å². The lowest BCUT2D eigenvalue weighted by Gasteiger charge is -2.33. The van der Waals surface area contributed by atoms with Crippen LogP contribution in [0.5, 0.6) is 0 Å². The van der Waals surface area contributed by atoms with Crippen molar-refractivity contribution in [2.45, 2.75) is 25.6 Å². The molecule has 11 radical (unpaired) electrons. The van der Waals surface area contributed by atoms with Crippen LogP contribution in [0.2, 0.25) is 0 Å². The Hall–Kier alpha value is -2.27. The lowest BCUT2D eigenvalue weighted by Crippen LogP contribution is -2.55. The van der Waals surface area contributed by atoms with Crippen LogP contribution in [0.15, 0.2) is 72.8 Å². The number of amides is 1. The van der Waals surface area contributed by atoms with Gasteiger partial charge in [0.15, 0.2) is 0 Å². The molecule has 1 heterocycles. The maximum absolute atomic E-state index is 11.9. The zero-order chi connectivity index (χ0) is 26.8. The highest BCUT2D eigenvalue weighted by Gasteiger charge is 2.26. The minimum atomic E-state index is -0.574.